The van der Waals surface area contributed by atoms with Crippen molar-refractivity contribution >= 4 is 55.3 Å². The van der Waals surface area contributed by atoms with Gasteiger partial charge in [-0.2, -0.15) is 26.3 Å². The summed E-state index contributed by atoms with van der Waals surface area (Å²) in [4.78, 5) is 28.9. The fraction of sp³-hybridized carbons (Fsp3) is 0.381. The Bertz CT molecular complexity index is 1820. The van der Waals surface area contributed by atoms with Crippen LogP contribution in [-0.2, 0) is 11.1 Å². The van der Waals surface area contributed by atoms with Crippen molar-refractivity contribution in [2.24, 2.45) is 10.8 Å². The number of benzene rings is 4. The van der Waals surface area contributed by atoms with Crippen LogP contribution in [0.25, 0.3) is 0 Å². The molecule has 0 aromatic heterocycles. The fourth-order valence-corrected chi connectivity index (χ4v) is 8.75. The topological polar surface area (TPSA) is 64.7 Å². The molecule has 0 bridgehead atoms. The molecule has 2 atom stereocenters. The zero-order valence-electron chi connectivity index (χ0n) is 31.4. The Morgan fingerprint density at radius 2 is 0.857 bits per heavy atom. The number of anilines is 2. The highest BCUT2D eigenvalue weighted by atomic mass is 79.9. The summed E-state index contributed by atoms with van der Waals surface area (Å²) < 4.78 is 83.5. The first kappa shape index (κ1) is 43.1. The van der Waals surface area contributed by atoms with Gasteiger partial charge in [-0.1, -0.05) is 120 Å². The molecule has 0 unspecified atom stereocenters. The van der Waals surface area contributed by atoms with Gasteiger partial charge in [-0.3, -0.25) is 0 Å². The Kier molecular flexibility index (Phi) is 12.6. The molecule has 2 aliphatic heterocycles. The van der Waals surface area contributed by atoms with Gasteiger partial charge in [-0.05, 0) is 83.3 Å². The van der Waals surface area contributed by atoms with E-state index in [1.807, 2.05) is 27.7 Å². The molecule has 6 nitrogen and oxygen atoms in total. The Morgan fingerprint density at radius 3 is 1.14 bits per heavy atom. The molecule has 56 heavy (non-hydrogen) atoms. The lowest BCUT2D eigenvalue weighted by molar-refractivity contribution is -0.159. The quantitative estimate of drug-likeness (QED) is 0.189. The Hall–Kier alpha value is -4.04. The molecule has 0 saturated carbocycles. The molecule has 2 N–H and O–H groups in total. The summed E-state index contributed by atoms with van der Waals surface area (Å²) >= 11 is 6.65. The largest absolute Gasteiger partial charge is 0.391 e. The van der Waals surface area contributed by atoms with Crippen LogP contribution in [0.1, 0.15) is 64.5 Å². The van der Waals surface area contributed by atoms with Gasteiger partial charge in [-0.15, -0.1) is 0 Å². The van der Waals surface area contributed by atoms with Crippen molar-refractivity contribution in [3.63, 3.8) is 0 Å². The number of amides is 4. The van der Waals surface area contributed by atoms with Crippen LogP contribution in [0.3, 0.4) is 0 Å². The van der Waals surface area contributed by atoms with Gasteiger partial charge in [0, 0.05) is 33.4 Å². The van der Waals surface area contributed by atoms with Crippen LogP contribution in [-0.4, -0.2) is 47.3 Å². The molecule has 2 saturated heterocycles. The van der Waals surface area contributed by atoms with Gasteiger partial charge in [0.1, 0.15) is 0 Å². The number of rotatable bonds is 6. The van der Waals surface area contributed by atoms with Gasteiger partial charge in [0.15, 0.2) is 0 Å². The normalized spacial score (nSPS) is 21.6. The number of carbonyl (C=O) groups excluding carboxylic acids is 2. The number of nitrogens with zero attached hydrogens (tertiary/aromatic N) is 2. The van der Waals surface area contributed by atoms with Crippen LogP contribution in [0.4, 0.5) is 47.3 Å². The zero-order chi connectivity index (χ0) is 41.2. The highest BCUT2D eigenvalue weighted by molar-refractivity contribution is 9.10. The first-order valence-corrected chi connectivity index (χ1v) is 19.5. The molecule has 4 amide bonds. The second kappa shape index (κ2) is 16.4. The van der Waals surface area contributed by atoms with Gasteiger partial charge < -0.3 is 20.4 Å². The molecule has 2 fully saturated rings. The predicted octanol–water partition coefficient (Wildman–Crippen LogP) is 13.1. The average Bonchev–Trinajstić information content (AvgIpc) is 3.55. The van der Waals surface area contributed by atoms with Gasteiger partial charge >= 0.3 is 24.4 Å². The number of likely N-dealkylation sites (tertiary alicyclic amines) is 2. The van der Waals surface area contributed by atoms with E-state index in [0.717, 1.165) is 8.95 Å². The first-order valence-electron chi connectivity index (χ1n) is 17.9. The van der Waals surface area contributed by atoms with Crippen molar-refractivity contribution in [3.05, 3.63) is 129 Å². The third kappa shape index (κ3) is 10.7. The standard InChI is InChI=1S/2C21H22BrF3N2O/c2*1-19(2)12-20(13-21(23,24)25,15-6-4-3-5-7-15)27(14-19)18(28)26-17-10-8-16(22)9-11-17/h2*3-11H,12-14H2,1-2H3,(H,26,28)/t2*20-/m11/s1. The third-order valence-corrected chi connectivity index (χ3v) is 11.1. The minimum absolute atomic E-state index is 0.233. The molecule has 0 radical (unpaired) electrons. The van der Waals surface area contributed by atoms with Gasteiger partial charge in [-0.25, -0.2) is 9.59 Å². The SMILES string of the molecule is CC1(C)CN(C(=O)Nc2ccc(Br)cc2)[C@](CC(F)(F)F)(c2ccccc2)C1.CC1(C)CN(C(=O)Nc2ccc(Br)cc2)[C@](CC(F)(F)F)(c2ccccc2)C1. The molecular weight excluding hydrogens is 866 g/mol. The molecule has 2 heterocycles. The van der Waals surface area contributed by atoms with E-state index in [2.05, 4.69) is 42.5 Å². The van der Waals surface area contributed by atoms with Gasteiger partial charge in [0.05, 0.1) is 23.9 Å². The Labute approximate surface area is 340 Å². The molecule has 0 aliphatic carbocycles. The minimum Gasteiger partial charge on any atom is -0.314 e. The highest BCUT2D eigenvalue weighted by Gasteiger charge is 2.58. The van der Waals surface area contributed by atoms with E-state index in [0.29, 0.717) is 22.5 Å². The maximum Gasteiger partial charge on any atom is 0.391 e. The van der Waals surface area contributed by atoms with Crippen molar-refractivity contribution in [1.82, 2.24) is 9.80 Å². The zero-order valence-corrected chi connectivity index (χ0v) is 34.5. The third-order valence-electron chi connectivity index (χ3n) is 10.0. The van der Waals surface area contributed by atoms with E-state index < -0.39 is 59.2 Å². The maximum absolute atomic E-state index is 13.6. The van der Waals surface area contributed by atoms with Crippen LogP contribution in [0.5, 0.6) is 0 Å². The lowest BCUT2D eigenvalue weighted by Crippen LogP contribution is -2.49. The molecule has 0 spiro atoms. The number of alkyl halides is 6. The van der Waals surface area contributed by atoms with Crippen molar-refractivity contribution in [3.8, 4) is 0 Å². The van der Waals surface area contributed by atoms with Gasteiger partial charge in [0.25, 0.3) is 0 Å². The lowest BCUT2D eigenvalue weighted by Gasteiger charge is -2.39. The fourth-order valence-electron chi connectivity index (χ4n) is 8.22. The van der Waals surface area contributed by atoms with Crippen molar-refractivity contribution < 1.29 is 35.9 Å². The summed E-state index contributed by atoms with van der Waals surface area (Å²) in [5, 5.41) is 5.52. The molecule has 2 aliphatic rings. The number of nitrogens with one attached hydrogen (secondary N) is 2. The highest BCUT2D eigenvalue weighted by Crippen LogP contribution is 2.54. The summed E-state index contributed by atoms with van der Waals surface area (Å²) in [6.07, 6.45) is -10.5. The van der Waals surface area contributed by atoms with E-state index >= 15 is 0 Å². The lowest BCUT2D eigenvalue weighted by atomic mass is 9.77. The summed E-state index contributed by atoms with van der Waals surface area (Å²) in [6.45, 7) is 8.06. The van der Waals surface area contributed by atoms with E-state index in [-0.39, 0.29) is 25.9 Å². The second-order valence-electron chi connectivity index (χ2n) is 16.1. The maximum atomic E-state index is 13.6. The van der Waals surface area contributed by atoms with Crippen LogP contribution in [0.15, 0.2) is 118 Å². The molecular formula is C42H44Br2F6N4O2. The average molecular weight is 911 g/mol. The van der Waals surface area contributed by atoms with Crippen molar-refractivity contribution in [1.29, 1.82) is 0 Å². The Morgan fingerprint density at radius 1 is 0.554 bits per heavy atom. The molecule has 14 heteroatoms. The first-order chi connectivity index (χ1) is 26.0. The molecule has 6 rings (SSSR count). The second-order valence-corrected chi connectivity index (χ2v) is 17.9. The van der Waals surface area contributed by atoms with E-state index in [1.165, 1.54) is 9.80 Å². The van der Waals surface area contributed by atoms with Crippen LogP contribution in [0.2, 0.25) is 0 Å². The van der Waals surface area contributed by atoms with Gasteiger partial charge in [0.2, 0.25) is 0 Å². The molecule has 4 aromatic rings. The van der Waals surface area contributed by atoms with E-state index in [9.17, 15) is 35.9 Å². The summed E-state index contributed by atoms with van der Waals surface area (Å²) in [7, 11) is 0. The van der Waals surface area contributed by atoms with Crippen LogP contribution < -0.4 is 10.6 Å². The Balaban J connectivity index is 0.000000214. The number of carbonyl (C=O) groups is 2. The number of hydrogen-bond donors (Lipinski definition) is 2. The van der Waals surface area contributed by atoms with Crippen LogP contribution in [0, 0.1) is 10.8 Å². The molecule has 4 aromatic carbocycles. The number of halogens is 8. The summed E-state index contributed by atoms with van der Waals surface area (Å²) in [5.74, 6) is 0. The smallest absolute Gasteiger partial charge is 0.314 e. The predicted molar refractivity (Wildman–Crippen MR) is 214 cm³/mol. The van der Waals surface area contributed by atoms with Crippen LogP contribution >= 0.6 is 31.9 Å². The number of urea groups is 2. The monoisotopic (exact) mass is 908 g/mol. The number of hydrogen-bond acceptors (Lipinski definition) is 2. The van der Waals surface area contributed by atoms with Crippen molar-refractivity contribution in [2.75, 3.05) is 23.7 Å². The summed E-state index contributed by atoms with van der Waals surface area (Å²) in [5.41, 5.74) is -1.70. The molecule has 300 valence electrons. The van der Waals surface area contributed by atoms with Crippen molar-refractivity contribution in [2.45, 2.75) is 76.8 Å². The summed E-state index contributed by atoms with van der Waals surface area (Å²) in [6, 6.07) is 29.9. The van der Waals surface area contributed by atoms with E-state index in [4.69, 9.17) is 0 Å². The van der Waals surface area contributed by atoms with E-state index in [1.54, 1.807) is 109 Å². The minimum atomic E-state index is -4.41.